The summed E-state index contributed by atoms with van der Waals surface area (Å²) in [5.41, 5.74) is 0. The predicted molar refractivity (Wildman–Crippen MR) is 157 cm³/mol. The largest absolute Gasteiger partial charge is 0.460 e. The van der Waals surface area contributed by atoms with E-state index in [0.717, 1.165) is 38.5 Å². The van der Waals surface area contributed by atoms with E-state index in [-0.39, 0.29) is 0 Å². The van der Waals surface area contributed by atoms with Crippen molar-refractivity contribution in [1.29, 1.82) is 0 Å². The Morgan fingerprint density at radius 2 is 1.37 bits per heavy atom. The van der Waals surface area contributed by atoms with E-state index < -0.39 is 86.5 Å². The maximum absolute atomic E-state index is 12.8. The first-order chi connectivity index (χ1) is 20.6. The van der Waals surface area contributed by atoms with Gasteiger partial charge in [0.15, 0.2) is 6.29 Å². The summed E-state index contributed by atoms with van der Waals surface area (Å²) < 4.78 is 22.0. The molecule has 2 fully saturated rings. The van der Waals surface area contributed by atoms with Crippen molar-refractivity contribution in [3.63, 3.8) is 0 Å². The van der Waals surface area contributed by atoms with E-state index in [4.69, 9.17) is 18.9 Å². The molecule has 7 N–H and O–H groups in total. The molecule has 2 rings (SSSR count). The lowest BCUT2D eigenvalue weighted by atomic mass is 9.99. The number of hydrogen-bond acceptors (Lipinski definition) is 12. The minimum atomic E-state index is -2.27. The van der Waals surface area contributed by atoms with Gasteiger partial charge >= 0.3 is 5.97 Å². The van der Waals surface area contributed by atoms with Crippen molar-refractivity contribution in [2.24, 2.45) is 5.92 Å². The Bertz CT molecular complexity index is 795. The van der Waals surface area contributed by atoms with Crippen LogP contribution >= 0.6 is 0 Å². The Morgan fingerprint density at radius 3 is 1.95 bits per heavy atom. The second kappa shape index (κ2) is 20.0. The van der Waals surface area contributed by atoms with Crippen molar-refractivity contribution in [1.82, 2.24) is 0 Å². The lowest BCUT2D eigenvalue weighted by Crippen LogP contribution is -2.63. The van der Waals surface area contributed by atoms with Crippen molar-refractivity contribution in [3.8, 4) is 0 Å². The number of carbonyl (C=O) groups excluding carboxylic acids is 1. The molecule has 0 saturated carbocycles. The maximum Gasteiger partial charge on any atom is 0.308 e. The van der Waals surface area contributed by atoms with E-state index in [0.29, 0.717) is 6.42 Å². The molecule has 252 valence electrons. The standard InChI is InChI=1S/C31H56O12/c1-3-4-5-6-7-8-9-10-11-12-13-14-15-16-17-21(2)29(39)40-20-31(28(38)25(35)23(19-33)42-31)43-30-27(37)26(36)24(34)22(18-32)41-30/h10-11,21-28,30,32-38H,3-9,12-20H2,1-2H3/b11-10-/t21?,22-,23-,24-,25-,26+,27-,28+,30-,31+/m1/s1. The van der Waals surface area contributed by atoms with E-state index in [9.17, 15) is 40.5 Å². The van der Waals surface area contributed by atoms with Crippen LogP contribution in [0.25, 0.3) is 0 Å². The smallest absolute Gasteiger partial charge is 0.308 e. The number of hydrogen-bond donors (Lipinski definition) is 7. The number of unbranched alkanes of at least 4 members (excludes halogenated alkanes) is 10. The highest BCUT2D eigenvalue weighted by Gasteiger charge is 2.59. The molecule has 43 heavy (non-hydrogen) atoms. The monoisotopic (exact) mass is 620 g/mol. The zero-order valence-electron chi connectivity index (χ0n) is 25.8. The summed E-state index contributed by atoms with van der Waals surface area (Å²) in [4.78, 5) is 12.8. The Balaban J connectivity index is 1.78. The molecule has 10 atom stereocenters. The number of allylic oxidation sites excluding steroid dienone is 2. The van der Waals surface area contributed by atoms with Crippen LogP contribution in [-0.4, -0.2) is 116 Å². The number of aliphatic hydroxyl groups is 7. The van der Waals surface area contributed by atoms with Crippen LogP contribution in [0, 0.1) is 5.92 Å². The number of carbonyl (C=O) groups is 1. The number of aliphatic hydroxyl groups excluding tert-OH is 7. The van der Waals surface area contributed by atoms with Crippen LogP contribution in [0.2, 0.25) is 0 Å². The van der Waals surface area contributed by atoms with Gasteiger partial charge in [0.2, 0.25) is 5.79 Å². The first kappa shape index (κ1) is 38.0. The lowest BCUT2D eigenvalue weighted by molar-refractivity contribution is -0.383. The average Bonchev–Trinajstić information content (AvgIpc) is 3.24. The highest BCUT2D eigenvalue weighted by Crippen LogP contribution is 2.37. The van der Waals surface area contributed by atoms with Crippen LogP contribution in [0.3, 0.4) is 0 Å². The summed E-state index contributed by atoms with van der Waals surface area (Å²) in [7, 11) is 0. The minimum Gasteiger partial charge on any atom is -0.460 e. The highest BCUT2D eigenvalue weighted by atomic mass is 16.8. The third kappa shape index (κ3) is 11.6. The summed E-state index contributed by atoms with van der Waals surface area (Å²) in [6.07, 6.45) is 6.01. The quantitative estimate of drug-likeness (QED) is 0.0555. The van der Waals surface area contributed by atoms with Crippen LogP contribution in [0.5, 0.6) is 0 Å². The van der Waals surface area contributed by atoms with Gasteiger partial charge in [0.25, 0.3) is 0 Å². The van der Waals surface area contributed by atoms with Gasteiger partial charge < -0.3 is 54.7 Å². The summed E-state index contributed by atoms with van der Waals surface area (Å²) >= 11 is 0. The van der Waals surface area contributed by atoms with E-state index in [1.54, 1.807) is 6.92 Å². The predicted octanol–water partition coefficient (Wildman–Crippen LogP) is 1.44. The van der Waals surface area contributed by atoms with Crippen molar-refractivity contribution < 1.29 is 59.5 Å². The van der Waals surface area contributed by atoms with Gasteiger partial charge in [-0.05, 0) is 32.1 Å². The van der Waals surface area contributed by atoms with Crippen molar-refractivity contribution >= 4 is 5.97 Å². The molecule has 0 aliphatic carbocycles. The lowest BCUT2D eigenvalue weighted by Gasteiger charge is -2.43. The molecule has 0 aromatic heterocycles. The molecule has 0 spiro atoms. The number of rotatable bonds is 21. The van der Waals surface area contributed by atoms with Crippen LogP contribution in [0.1, 0.15) is 97.3 Å². The fraction of sp³-hybridized carbons (Fsp3) is 0.903. The zero-order chi connectivity index (χ0) is 31.8. The van der Waals surface area contributed by atoms with Crippen molar-refractivity contribution in [3.05, 3.63) is 12.2 Å². The zero-order valence-corrected chi connectivity index (χ0v) is 25.8. The molecule has 2 heterocycles. The average molecular weight is 621 g/mol. The van der Waals surface area contributed by atoms with E-state index in [1.165, 1.54) is 38.5 Å². The normalized spacial score (nSPS) is 33.7. The molecule has 0 amide bonds. The minimum absolute atomic E-state index is 0.473. The van der Waals surface area contributed by atoms with Gasteiger partial charge in [0, 0.05) is 0 Å². The second-order valence-corrected chi connectivity index (χ2v) is 11.9. The fourth-order valence-electron chi connectivity index (χ4n) is 5.39. The van der Waals surface area contributed by atoms with Crippen molar-refractivity contribution in [2.75, 3.05) is 19.8 Å². The number of ether oxygens (including phenoxy) is 4. The summed E-state index contributed by atoms with van der Waals surface area (Å²) in [6, 6.07) is 0. The van der Waals surface area contributed by atoms with Gasteiger partial charge in [0.05, 0.1) is 19.1 Å². The van der Waals surface area contributed by atoms with Crippen molar-refractivity contribution in [2.45, 2.75) is 152 Å². The molecule has 12 nitrogen and oxygen atoms in total. The summed E-state index contributed by atoms with van der Waals surface area (Å²) in [6.45, 7) is 1.81. The van der Waals surface area contributed by atoms with Gasteiger partial charge in [-0.3, -0.25) is 4.79 Å². The molecule has 12 heteroatoms. The van der Waals surface area contributed by atoms with Gasteiger partial charge in [-0.25, -0.2) is 0 Å². The Hall–Kier alpha value is -1.19. The van der Waals surface area contributed by atoms with Gasteiger partial charge in [-0.2, -0.15) is 0 Å². The molecule has 2 aliphatic rings. The molecule has 0 bridgehead atoms. The maximum atomic E-state index is 12.8. The molecule has 2 saturated heterocycles. The van der Waals surface area contributed by atoms with E-state index in [2.05, 4.69) is 19.1 Å². The fourth-order valence-corrected chi connectivity index (χ4v) is 5.39. The topological polar surface area (TPSA) is 196 Å². The van der Waals surface area contributed by atoms with Crippen LogP contribution in [0.15, 0.2) is 12.2 Å². The Labute approximate surface area is 255 Å². The first-order valence-electron chi connectivity index (χ1n) is 16.1. The molecule has 1 unspecified atom stereocenters. The van der Waals surface area contributed by atoms with Gasteiger partial charge in [-0.1, -0.05) is 77.4 Å². The van der Waals surface area contributed by atoms with Gasteiger partial charge in [-0.15, -0.1) is 0 Å². The third-order valence-electron chi connectivity index (χ3n) is 8.32. The van der Waals surface area contributed by atoms with Gasteiger partial charge in [0.1, 0.15) is 49.3 Å². The summed E-state index contributed by atoms with van der Waals surface area (Å²) in [5.74, 6) is -3.33. The van der Waals surface area contributed by atoms with Crippen LogP contribution in [0.4, 0.5) is 0 Å². The van der Waals surface area contributed by atoms with Crippen LogP contribution in [-0.2, 0) is 23.7 Å². The molecule has 2 aliphatic heterocycles. The molecule has 0 aromatic carbocycles. The third-order valence-corrected chi connectivity index (χ3v) is 8.32. The summed E-state index contributed by atoms with van der Waals surface area (Å²) in [5, 5.41) is 70.7. The van der Waals surface area contributed by atoms with Crippen LogP contribution < -0.4 is 0 Å². The first-order valence-corrected chi connectivity index (χ1v) is 16.1. The second-order valence-electron chi connectivity index (χ2n) is 11.9. The molecule has 0 radical (unpaired) electrons. The molecular formula is C31H56O12. The van der Waals surface area contributed by atoms with E-state index in [1.807, 2.05) is 0 Å². The SMILES string of the molecule is CCCCCCCC/C=C\CCCCCCC(C)C(=O)OC[C@@]1(O[C@H]2O[C@H](CO)[C@@H](O)[C@H](O)[C@H]2O)O[C@H](CO)[C@@H](O)[C@@H]1O. The number of esters is 1. The molecule has 0 aromatic rings. The molecular weight excluding hydrogens is 564 g/mol. The highest BCUT2D eigenvalue weighted by molar-refractivity contribution is 5.72. The Morgan fingerprint density at radius 1 is 0.791 bits per heavy atom. The van der Waals surface area contributed by atoms with E-state index >= 15 is 0 Å². The Kier molecular flexibility index (Phi) is 17.7.